The molecule has 1 saturated heterocycles. The van der Waals surface area contributed by atoms with Crippen LogP contribution < -0.4 is 14.4 Å². The van der Waals surface area contributed by atoms with E-state index in [1.165, 1.54) is 28.0 Å². The van der Waals surface area contributed by atoms with E-state index in [4.69, 9.17) is 21.1 Å². The Morgan fingerprint density at radius 2 is 1.93 bits per heavy atom. The fourth-order valence-electron chi connectivity index (χ4n) is 5.34. The second-order valence-corrected chi connectivity index (χ2v) is 14.1. The molecule has 0 radical (unpaired) electrons. The third-order valence-corrected chi connectivity index (χ3v) is 10.0. The second kappa shape index (κ2) is 13.2. The number of thioether (sulfide) groups is 1. The molecule has 3 heterocycles. The van der Waals surface area contributed by atoms with Crippen molar-refractivity contribution in [3.05, 3.63) is 99.6 Å². The molecule has 8 nitrogen and oxygen atoms in total. The highest BCUT2D eigenvalue weighted by Gasteiger charge is 2.48. The van der Waals surface area contributed by atoms with Crippen molar-refractivity contribution < 1.29 is 24.2 Å². The van der Waals surface area contributed by atoms with Gasteiger partial charge in [0.2, 0.25) is 5.13 Å². The molecular formula is C34H32ClN3O5S2. The summed E-state index contributed by atoms with van der Waals surface area (Å²) >= 11 is 8.71. The molecule has 0 unspecified atom stereocenters. The lowest BCUT2D eigenvalue weighted by Gasteiger charge is -2.23. The maximum absolute atomic E-state index is 13.7. The Balaban J connectivity index is 1.37. The zero-order valence-electron chi connectivity index (χ0n) is 25.0. The quantitative estimate of drug-likeness (QED) is 0.0603. The lowest BCUT2D eigenvalue weighted by molar-refractivity contribution is -0.132. The molecule has 0 bridgehead atoms. The first-order valence-corrected chi connectivity index (χ1v) is 16.9. The van der Waals surface area contributed by atoms with E-state index in [1.807, 2.05) is 61.5 Å². The smallest absolute Gasteiger partial charge is 0.301 e. The molecule has 11 heteroatoms. The number of hydrogen-bond donors (Lipinski definition) is 1. The van der Waals surface area contributed by atoms with E-state index >= 15 is 0 Å². The summed E-state index contributed by atoms with van der Waals surface area (Å²) in [5, 5.41) is 21.2. The molecular weight excluding hydrogens is 630 g/mol. The van der Waals surface area contributed by atoms with Crippen molar-refractivity contribution in [3.63, 3.8) is 0 Å². The number of nitrogens with zero attached hydrogens (tertiary/aromatic N) is 3. The number of Topliss-reactive ketones (excluding diaryl/α,β-unsaturated/α-hetero) is 1. The van der Waals surface area contributed by atoms with Gasteiger partial charge in [-0.3, -0.25) is 14.5 Å². The molecule has 0 spiro atoms. The van der Waals surface area contributed by atoms with Gasteiger partial charge in [0.05, 0.1) is 18.2 Å². The van der Waals surface area contributed by atoms with E-state index in [1.54, 1.807) is 12.1 Å². The number of aliphatic hydroxyl groups excluding tert-OH is 1. The molecule has 2 aliphatic rings. The fraction of sp³-hybridized carbons (Fsp3) is 0.294. The predicted molar refractivity (Wildman–Crippen MR) is 177 cm³/mol. The van der Waals surface area contributed by atoms with Crippen LogP contribution in [0.3, 0.4) is 0 Å². The number of carbonyl (C=O) groups excluding carboxylic acids is 2. The molecule has 1 fully saturated rings. The normalized spacial score (nSPS) is 18.8. The maximum atomic E-state index is 13.7. The summed E-state index contributed by atoms with van der Waals surface area (Å²) in [7, 11) is 0. The van der Waals surface area contributed by atoms with Crippen LogP contribution in [0.25, 0.3) is 5.76 Å². The minimum absolute atomic E-state index is 0.0168. The second-order valence-electron chi connectivity index (χ2n) is 11.5. The van der Waals surface area contributed by atoms with Gasteiger partial charge in [0.25, 0.3) is 5.78 Å². The Bertz CT molecular complexity index is 1770. The monoisotopic (exact) mass is 661 g/mol. The summed E-state index contributed by atoms with van der Waals surface area (Å²) in [6, 6.07) is 19.2. The van der Waals surface area contributed by atoms with Gasteiger partial charge in [0, 0.05) is 22.8 Å². The summed E-state index contributed by atoms with van der Waals surface area (Å²) in [4.78, 5) is 28.8. The SMILES string of the molecule is CC(C)CCOc1cccc([C@H]2C(=C(O)c3ccc4c(c3)C[C@H](C)O4)C(=O)C(=O)N2c2nnc(SCc3ccc(Cl)cc3)s2)c1. The van der Waals surface area contributed by atoms with E-state index in [0.717, 1.165) is 23.3 Å². The third-order valence-electron chi connectivity index (χ3n) is 7.63. The number of amides is 1. The van der Waals surface area contributed by atoms with Crippen LogP contribution in [0.4, 0.5) is 5.13 Å². The third kappa shape index (κ3) is 6.73. The van der Waals surface area contributed by atoms with Gasteiger partial charge in [-0.1, -0.05) is 72.8 Å². The number of carbonyl (C=O) groups is 2. The zero-order chi connectivity index (χ0) is 31.7. The van der Waals surface area contributed by atoms with E-state index < -0.39 is 17.7 Å². The van der Waals surface area contributed by atoms with Crippen molar-refractivity contribution in [1.29, 1.82) is 0 Å². The number of hydrogen-bond acceptors (Lipinski definition) is 9. The molecule has 232 valence electrons. The first-order chi connectivity index (χ1) is 21.7. The summed E-state index contributed by atoms with van der Waals surface area (Å²) in [6.45, 7) is 6.76. The van der Waals surface area contributed by atoms with Crippen molar-refractivity contribution in [2.45, 2.75) is 55.9 Å². The molecule has 2 atom stereocenters. The van der Waals surface area contributed by atoms with Gasteiger partial charge in [-0.25, -0.2) is 0 Å². The average Bonchev–Trinajstić information content (AvgIpc) is 3.71. The molecule has 4 aromatic rings. The lowest BCUT2D eigenvalue weighted by atomic mass is 9.94. The van der Waals surface area contributed by atoms with Crippen LogP contribution in [0, 0.1) is 5.92 Å². The summed E-state index contributed by atoms with van der Waals surface area (Å²) in [5.74, 6) is 0.639. The van der Waals surface area contributed by atoms with E-state index in [2.05, 4.69) is 24.0 Å². The Morgan fingerprint density at radius 1 is 1.13 bits per heavy atom. The van der Waals surface area contributed by atoms with Gasteiger partial charge in [-0.05, 0) is 78.4 Å². The molecule has 1 amide bonds. The molecule has 45 heavy (non-hydrogen) atoms. The molecule has 0 saturated carbocycles. The number of ether oxygens (including phenoxy) is 2. The van der Waals surface area contributed by atoms with E-state index in [9.17, 15) is 14.7 Å². The predicted octanol–water partition coefficient (Wildman–Crippen LogP) is 7.86. The number of benzene rings is 3. The highest BCUT2D eigenvalue weighted by molar-refractivity contribution is 8.00. The first kappa shape index (κ1) is 31.1. The minimum Gasteiger partial charge on any atom is -0.507 e. The van der Waals surface area contributed by atoms with Gasteiger partial charge in [-0.2, -0.15) is 0 Å². The fourth-order valence-corrected chi connectivity index (χ4v) is 7.29. The van der Waals surface area contributed by atoms with Crippen molar-refractivity contribution in [1.82, 2.24) is 10.2 Å². The van der Waals surface area contributed by atoms with Gasteiger partial charge in [0.15, 0.2) is 4.34 Å². The van der Waals surface area contributed by atoms with Crippen LogP contribution in [0.5, 0.6) is 11.5 Å². The Labute approximate surface area is 275 Å². The highest BCUT2D eigenvalue weighted by Crippen LogP contribution is 2.45. The van der Waals surface area contributed by atoms with E-state index in [-0.39, 0.29) is 22.6 Å². The van der Waals surface area contributed by atoms with Gasteiger partial charge in [0.1, 0.15) is 23.4 Å². The number of anilines is 1. The number of rotatable bonds is 10. The maximum Gasteiger partial charge on any atom is 0.301 e. The van der Waals surface area contributed by atoms with Gasteiger partial charge >= 0.3 is 5.91 Å². The Kier molecular flexibility index (Phi) is 9.16. The van der Waals surface area contributed by atoms with Crippen molar-refractivity contribution in [2.75, 3.05) is 11.5 Å². The van der Waals surface area contributed by atoms with Crippen LogP contribution in [-0.2, 0) is 21.8 Å². The summed E-state index contributed by atoms with van der Waals surface area (Å²) in [6.07, 6.45) is 1.58. The van der Waals surface area contributed by atoms with Crippen LogP contribution in [0.2, 0.25) is 5.02 Å². The van der Waals surface area contributed by atoms with Crippen molar-refractivity contribution in [3.8, 4) is 11.5 Å². The number of ketones is 1. The van der Waals surface area contributed by atoms with Crippen LogP contribution in [0.15, 0.2) is 76.6 Å². The number of aromatic nitrogens is 2. The minimum atomic E-state index is -0.941. The summed E-state index contributed by atoms with van der Waals surface area (Å²) < 4.78 is 12.5. The van der Waals surface area contributed by atoms with Crippen LogP contribution in [-0.4, -0.2) is 39.7 Å². The zero-order valence-corrected chi connectivity index (χ0v) is 27.4. The summed E-state index contributed by atoms with van der Waals surface area (Å²) in [5.41, 5.74) is 3.03. The first-order valence-electron chi connectivity index (χ1n) is 14.7. The highest BCUT2D eigenvalue weighted by atomic mass is 35.5. The Morgan fingerprint density at radius 3 is 2.71 bits per heavy atom. The largest absolute Gasteiger partial charge is 0.507 e. The number of fused-ring (bicyclic) bond motifs is 1. The van der Waals surface area contributed by atoms with Crippen molar-refractivity contribution >= 4 is 57.3 Å². The van der Waals surface area contributed by atoms with Gasteiger partial charge in [-0.15, -0.1) is 10.2 Å². The molecule has 3 aromatic carbocycles. The number of aliphatic hydroxyl groups is 1. The number of halogens is 1. The van der Waals surface area contributed by atoms with Gasteiger partial charge < -0.3 is 14.6 Å². The van der Waals surface area contributed by atoms with Crippen LogP contribution >= 0.6 is 34.7 Å². The van der Waals surface area contributed by atoms with Crippen LogP contribution in [0.1, 0.15) is 55.5 Å². The standard InChI is InChI=1S/C34H32ClN3O5S2/c1-19(2)13-14-42-26-6-4-5-22(17-26)29-28(30(39)23-9-12-27-24(16-23)15-20(3)43-27)31(40)32(41)38(29)33-36-37-34(45-33)44-18-21-7-10-25(35)11-8-21/h4-12,16-17,19-20,29,39H,13-15,18H2,1-3H3/t20-,29-/m0/s1. The van der Waals surface area contributed by atoms with E-state index in [0.29, 0.717) is 50.9 Å². The van der Waals surface area contributed by atoms with Crippen molar-refractivity contribution in [2.24, 2.45) is 5.92 Å². The molecule has 2 aliphatic heterocycles. The lowest BCUT2D eigenvalue weighted by Crippen LogP contribution is -2.29. The topological polar surface area (TPSA) is 102 Å². The molecule has 6 rings (SSSR count). The average molecular weight is 662 g/mol. The molecule has 0 aliphatic carbocycles. The Hall–Kier alpha value is -3.86. The molecule has 1 aromatic heterocycles. The molecule has 1 N–H and O–H groups in total.